The molecule has 0 bridgehead atoms. The number of rotatable bonds is 5. The van der Waals surface area contributed by atoms with Crippen LogP contribution in [0.5, 0.6) is 11.5 Å². The first-order chi connectivity index (χ1) is 12.7. The van der Waals surface area contributed by atoms with Crippen molar-refractivity contribution in [2.45, 2.75) is 0 Å². The van der Waals surface area contributed by atoms with Gasteiger partial charge >= 0.3 is 0 Å². The van der Waals surface area contributed by atoms with Crippen LogP contribution in [0.25, 0.3) is 22.6 Å². The van der Waals surface area contributed by atoms with Crippen LogP contribution in [0, 0.1) is 22.7 Å². The van der Waals surface area contributed by atoms with Gasteiger partial charge < -0.3 is 13.9 Å². The summed E-state index contributed by atoms with van der Waals surface area (Å²) in [6.07, 6.45) is 0. The largest absolute Gasteiger partial charge is 0.493 e. The summed E-state index contributed by atoms with van der Waals surface area (Å²) in [4.78, 5) is 4.46. The van der Waals surface area contributed by atoms with Gasteiger partial charge in [0.2, 0.25) is 11.6 Å². The van der Waals surface area contributed by atoms with E-state index >= 15 is 0 Å². The lowest BCUT2D eigenvalue weighted by molar-refractivity contribution is 0.355. The van der Waals surface area contributed by atoms with Crippen LogP contribution in [0.4, 0.5) is 5.69 Å². The fraction of sp³-hybridized carbons (Fsp3) is 0.111. The number of nitrogens with zero attached hydrogens (tertiary/aromatic N) is 4. The van der Waals surface area contributed by atoms with E-state index in [4.69, 9.17) is 24.4 Å². The summed E-state index contributed by atoms with van der Waals surface area (Å²) < 4.78 is 16.3. The van der Waals surface area contributed by atoms with E-state index in [9.17, 15) is 0 Å². The average molecular weight is 347 g/mol. The van der Waals surface area contributed by atoms with Crippen molar-refractivity contribution in [1.29, 1.82) is 10.5 Å². The van der Waals surface area contributed by atoms with Crippen LogP contribution in [0.15, 0.2) is 45.9 Å². The van der Waals surface area contributed by atoms with Crippen LogP contribution < -0.4 is 14.9 Å². The van der Waals surface area contributed by atoms with Crippen molar-refractivity contribution < 1.29 is 13.9 Å². The molecule has 0 saturated carbocycles. The van der Waals surface area contributed by atoms with E-state index in [0.717, 1.165) is 5.56 Å². The number of hydrazone groups is 1. The van der Waals surface area contributed by atoms with Crippen LogP contribution in [-0.2, 0) is 0 Å². The maximum Gasteiger partial charge on any atom is 0.237 e. The van der Waals surface area contributed by atoms with Crippen LogP contribution in [0.3, 0.4) is 0 Å². The quantitative estimate of drug-likeness (QED) is 0.555. The summed E-state index contributed by atoms with van der Waals surface area (Å²) in [7, 11) is 3.13. The van der Waals surface area contributed by atoms with Gasteiger partial charge in [0.25, 0.3) is 0 Å². The third-order valence-electron chi connectivity index (χ3n) is 3.53. The summed E-state index contributed by atoms with van der Waals surface area (Å²) in [5.41, 5.74) is 4.88. The molecule has 128 valence electrons. The number of oxazole rings is 1. The maximum absolute atomic E-state index is 8.70. The Morgan fingerprint density at radius 2 is 1.85 bits per heavy atom. The molecule has 0 aliphatic carbocycles. The standard InChI is InChI=1S/C18H13N5O3/c1-24-16-5-3-11(7-17(16)25-2)18-21-14-8-12(4-6-15(14)26-18)22-23-13(9-19)10-20/h3-8,22H,1-2H3. The number of benzene rings is 2. The maximum atomic E-state index is 8.70. The monoisotopic (exact) mass is 347 g/mol. The minimum Gasteiger partial charge on any atom is -0.493 e. The van der Waals surface area contributed by atoms with Gasteiger partial charge in [-0.15, -0.1) is 0 Å². The van der Waals surface area contributed by atoms with Crippen molar-refractivity contribution in [3.8, 4) is 35.1 Å². The summed E-state index contributed by atoms with van der Waals surface area (Å²) in [6, 6.07) is 13.9. The summed E-state index contributed by atoms with van der Waals surface area (Å²) in [5.74, 6) is 1.61. The van der Waals surface area contributed by atoms with Gasteiger partial charge in [-0.05, 0) is 36.4 Å². The predicted molar refractivity (Wildman–Crippen MR) is 94.8 cm³/mol. The third-order valence-corrected chi connectivity index (χ3v) is 3.53. The Morgan fingerprint density at radius 3 is 2.54 bits per heavy atom. The molecule has 3 aromatic rings. The Labute approximate surface area is 148 Å². The molecule has 8 heteroatoms. The second kappa shape index (κ2) is 7.24. The highest BCUT2D eigenvalue weighted by molar-refractivity contribution is 6.10. The van der Waals surface area contributed by atoms with E-state index in [1.165, 1.54) is 0 Å². The predicted octanol–water partition coefficient (Wildman–Crippen LogP) is 3.33. The van der Waals surface area contributed by atoms with Crippen molar-refractivity contribution in [2.24, 2.45) is 5.10 Å². The first kappa shape index (κ1) is 16.8. The molecule has 26 heavy (non-hydrogen) atoms. The fourth-order valence-corrected chi connectivity index (χ4v) is 2.29. The zero-order valence-electron chi connectivity index (χ0n) is 14.0. The number of hydrogen-bond acceptors (Lipinski definition) is 8. The molecule has 0 amide bonds. The van der Waals surface area contributed by atoms with Crippen molar-refractivity contribution >= 4 is 22.5 Å². The Balaban J connectivity index is 1.94. The highest BCUT2D eigenvalue weighted by atomic mass is 16.5. The zero-order chi connectivity index (χ0) is 18.5. The number of fused-ring (bicyclic) bond motifs is 1. The van der Waals surface area contributed by atoms with E-state index in [-0.39, 0.29) is 5.71 Å². The molecular formula is C18H13N5O3. The van der Waals surface area contributed by atoms with Crippen LogP contribution in [0.2, 0.25) is 0 Å². The van der Waals surface area contributed by atoms with Crippen LogP contribution >= 0.6 is 0 Å². The molecule has 1 aromatic heterocycles. The molecular weight excluding hydrogens is 334 g/mol. The van der Waals surface area contributed by atoms with Crippen molar-refractivity contribution in [3.05, 3.63) is 36.4 Å². The molecule has 0 aliphatic heterocycles. The lowest BCUT2D eigenvalue weighted by atomic mass is 10.2. The molecule has 0 saturated heterocycles. The number of aromatic nitrogens is 1. The van der Waals surface area contributed by atoms with Crippen molar-refractivity contribution in [2.75, 3.05) is 19.6 Å². The van der Waals surface area contributed by atoms with Gasteiger partial charge in [0.15, 0.2) is 17.1 Å². The van der Waals surface area contributed by atoms with Gasteiger partial charge in [-0.25, -0.2) is 4.98 Å². The van der Waals surface area contributed by atoms with E-state index in [2.05, 4.69) is 15.5 Å². The second-order valence-electron chi connectivity index (χ2n) is 5.07. The first-order valence-electron chi connectivity index (χ1n) is 7.45. The molecule has 2 aromatic carbocycles. The van der Waals surface area contributed by atoms with Crippen molar-refractivity contribution in [3.63, 3.8) is 0 Å². The highest BCUT2D eigenvalue weighted by Crippen LogP contribution is 2.33. The van der Waals surface area contributed by atoms with Gasteiger partial charge in [-0.3, -0.25) is 5.43 Å². The lowest BCUT2D eigenvalue weighted by Crippen LogP contribution is -1.96. The zero-order valence-corrected chi connectivity index (χ0v) is 14.0. The van der Waals surface area contributed by atoms with E-state index < -0.39 is 0 Å². The minimum atomic E-state index is -0.267. The van der Waals surface area contributed by atoms with Gasteiger partial charge in [0, 0.05) is 5.56 Å². The molecule has 0 unspecified atom stereocenters. The summed E-state index contributed by atoms with van der Waals surface area (Å²) in [6.45, 7) is 0. The number of methoxy groups -OCH3 is 2. The topological polar surface area (TPSA) is 116 Å². The first-order valence-corrected chi connectivity index (χ1v) is 7.45. The Morgan fingerprint density at radius 1 is 1.08 bits per heavy atom. The van der Waals surface area contributed by atoms with Crippen molar-refractivity contribution in [1.82, 2.24) is 4.98 Å². The molecule has 0 atom stereocenters. The fourth-order valence-electron chi connectivity index (χ4n) is 2.29. The van der Waals surface area contributed by atoms with E-state index in [0.29, 0.717) is 34.2 Å². The number of anilines is 1. The second-order valence-corrected chi connectivity index (χ2v) is 5.07. The minimum absolute atomic E-state index is 0.267. The molecule has 0 aliphatic rings. The highest BCUT2D eigenvalue weighted by Gasteiger charge is 2.12. The summed E-state index contributed by atoms with van der Waals surface area (Å²) >= 11 is 0. The van der Waals surface area contributed by atoms with E-state index in [1.54, 1.807) is 56.7 Å². The molecule has 0 spiro atoms. The Hall–Kier alpha value is -4.04. The average Bonchev–Trinajstić information content (AvgIpc) is 3.11. The van der Waals surface area contributed by atoms with Gasteiger partial charge in [-0.1, -0.05) is 0 Å². The Kier molecular flexibility index (Phi) is 4.68. The molecule has 3 rings (SSSR count). The smallest absolute Gasteiger partial charge is 0.237 e. The molecule has 0 radical (unpaired) electrons. The molecule has 1 N–H and O–H groups in total. The number of nitrogens with one attached hydrogen (secondary N) is 1. The number of nitriles is 2. The normalized spacial score (nSPS) is 9.85. The van der Waals surface area contributed by atoms with Gasteiger partial charge in [0.1, 0.15) is 17.7 Å². The molecule has 8 nitrogen and oxygen atoms in total. The molecule has 1 heterocycles. The lowest BCUT2D eigenvalue weighted by Gasteiger charge is -2.07. The molecule has 0 fully saturated rings. The number of hydrogen-bond donors (Lipinski definition) is 1. The van der Waals surface area contributed by atoms with Crippen LogP contribution in [0.1, 0.15) is 0 Å². The Bertz CT molecular complexity index is 1060. The number of ether oxygens (including phenoxy) is 2. The SMILES string of the molecule is COc1ccc(-c2nc3cc(NN=C(C#N)C#N)ccc3o2)cc1OC. The van der Waals surface area contributed by atoms with E-state index in [1.807, 2.05) is 6.07 Å². The van der Waals surface area contributed by atoms with Gasteiger partial charge in [-0.2, -0.15) is 15.6 Å². The van der Waals surface area contributed by atoms with Gasteiger partial charge in [0.05, 0.1) is 19.9 Å². The summed E-state index contributed by atoms with van der Waals surface area (Å²) in [5, 5.41) is 21.1. The third kappa shape index (κ3) is 3.25. The van der Waals surface area contributed by atoms with Crippen LogP contribution in [-0.4, -0.2) is 24.9 Å².